The Labute approximate surface area is 113 Å². The lowest BCUT2D eigenvalue weighted by Gasteiger charge is -2.18. The maximum absolute atomic E-state index is 13.8. The summed E-state index contributed by atoms with van der Waals surface area (Å²) < 4.78 is 24.4. The first-order valence-corrected chi connectivity index (χ1v) is 6.74. The van der Waals surface area contributed by atoms with E-state index in [1.54, 1.807) is 30.3 Å². The van der Waals surface area contributed by atoms with Crippen LogP contribution in [0.3, 0.4) is 0 Å². The molecule has 0 radical (unpaired) electrons. The topological polar surface area (TPSA) is 35.5 Å². The van der Waals surface area contributed by atoms with E-state index in [-0.39, 0.29) is 0 Å². The number of ether oxygens (including phenoxy) is 2. The van der Waals surface area contributed by atoms with Gasteiger partial charge in [0.05, 0.1) is 11.7 Å². The second-order valence-corrected chi connectivity index (χ2v) is 5.02. The van der Waals surface area contributed by atoms with Gasteiger partial charge in [0.1, 0.15) is 5.01 Å². The molecule has 1 heterocycles. The highest BCUT2D eigenvalue weighted by Gasteiger charge is 2.45. The van der Waals surface area contributed by atoms with Crippen LogP contribution in [0.5, 0.6) is 0 Å². The smallest absolute Gasteiger partial charge is 0.338 e. The lowest BCUT2D eigenvalue weighted by atomic mass is 10.1. The molecule has 18 heavy (non-hydrogen) atoms. The maximum atomic E-state index is 13.8. The zero-order valence-electron chi connectivity index (χ0n) is 9.88. The molecule has 1 aromatic rings. The fourth-order valence-electron chi connectivity index (χ4n) is 1.91. The Bertz CT molecular complexity index is 412. The molecule has 98 valence electrons. The summed E-state index contributed by atoms with van der Waals surface area (Å²) in [5, 5.41) is -0.712. The van der Waals surface area contributed by atoms with E-state index < -0.39 is 29.4 Å². The van der Waals surface area contributed by atoms with Gasteiger partial charge in [0.25, 0.3) is 0 Å². The molecule has 4 atom stereocenters. The highest BCUT2D eigenvalue weighted by Crippen LogP contribution is 2.32. The maximum Gasteiger partial charge on any atom is 0.338 e. The molecule has 0 N–H and O–H groups in total. The van der Waals surface area contributed by atoms with E-state index in [1.807, 2.05) is 6.92 Å². The second kappa shape index (κ2) is 5.80. The summed E-state index contributed by atoms with van der Waals surface area (Å²) in [4.78, 5) is 11.9. The zero-order chi connectivity index (χ0) is 13.1. The number of esters is 1. The Kier molecular flexibility index (Phi) is 4.35. The highest BCUT2D eigenvalue weighted by atomic mass is 79.9. The van der Waals surface area contributed by atoms with Crippen molar-refractivity contribution in [1.82, 2.24) is 0 Å². The molecule has 0 amide bonds. The predicted molar refractivity (Wildman–Crippen MR) is 68.4 cm³/mol. The molecule has 1 aliphatic rings. The quantitative estimate of drug-likeness (QED) is 0.635. The Morgan fingerprint density at radius 3 is 2.72 bits per heavy atom. The Morgan fingerprint density at radius 2 is 2.11 bits per heavy atom. The van der Waals surface area contributed by atoms with E-state index in [1.165, 1.54) is 0 Å². The summed E-state index contributed by atoms with van der Waals surface area (Å²) in [7, 11) is 0. The Balaban J connectivity index is 2.06. The van der Waals surface area contributed by atoms with Gasteiger partial charge in [-0.2, -0.15) is 0 Å². The molecule has 1 saturated heterocycles. The van der Waals surface area contributed by atoms with E-state index >= 15 is 0 Å². The van der Waals surface area contributed by atoms with E-state index in [0.717, 1.165) is 0 Å². The van der Waals surface area contributed by atoms with Crippen LogP contribution in [0.4, 0.5) is 4.39 Å². The molecule has 2 rings (SSSR count). The predicted octanol–water partition coefficient (Wildman–Crippen LogP) is 3.08. The van der Waals surface area contributed by atoms with Gasteiger partial charge in [-0.25, -0.2) is 9.18 Å². The van der Waals surface area contributed by atoms with Gasteiger partial charge in [-0.3, -0.25) is 0 Å². The van der Waals surface area contributed by atoms with Crippen molar-refractivity contribution < 1.29 is 18.7 Å². The molecule has 0 spiro atoms. The van der Waals surface area contributed by atoms with E-state index in [9.17, 15) is 9.18 Å². The molecule has 0 aromatic heterocycles. The fraction of sp³-hybridized carbons (Fsp3) is 0.462. The number of benzene rings is 1. The number of carbonyl (C=O) groups excluding carboxylic acids is 1. The molecule has 0 bridgehead atoms. The SMILES string of the molecule is CCC1OC(Br)C(F)C1OC(=O)c1ccccc1. The van der Waals surface area contributed by atoms with Gasteiger partial charge >= 0.3 is 5.97 Å². The van der Waals surface area contributed by atoms with Gasteiger partial charge in [0, 0.05) is 0 Å². The molecule has 1 aliphatic heterocycles. The number of hydrogen-bond acceptors (Lipinski definition) is 3. The normalized spacial score (nSPS) is 31.3. The Morgan fingerprint density at radius 1 is 1.44 bits per heavy atom. The fourth-order valence-corrected chi connectivity index (χ4v) is 2.49. The summed E-state index contributed by atoms with van der Waals surface area (Å²) in [5.41, 5.74) is 0.414. The molecule has 0 saturated carbocycles. The number of halogens is 2. The third kappa shape index (κ3) is 2.72. The minimum atomic E-state index is -1.34. The van der Waals surface area contributed by atoms with Crippen LogP contribution in [-0.4, -0.2) is 29.4 Å². The summed E-state index contributed by atoms with van der Waals surface area (Å²) in [6.45, 7) is 1.87. The zero-order valence-corrected chi connectivity index (χ0v) is 11.5. The molecular weight excluding hydrogens is 303 g/mol. The van der Waals surface area contributed by atoms with Crippen LogP contribution >= 0.6 is 15.9 Å². The van der Waals surface area contributed by atoms with E-state index in [2.05, 4.69) is 15.9 Å². The van der Waals surface area contributed by atoms with Gasteiger partial charge in [-0.15, -0.1) is 0 Å². The standard InChI is InChI=1S/C13H14BrFO3/c1-2-9-11(10(15)12(14)17-9)18-13(16)8-6-4-3-5-7-8/h3-7,9-12H,2H2,1H3. The van der Waals surface area contributed by atoms with Gasteiger partial charge in [-0.05, 0) is 18.6 Å². The number of carbonyl (C=O) groups is 1. The molecule has 1 fully saturated rings. The average Bonchev–Trinajstić information content (AvgIpc) is 2.67. The van der Waals surface area contributed by atoms with Crippen molar-refractivity contribution in [3.05, 3.63) is 35.9 Å². The van der Waals surface area contributed by atoms with Crippen LogP contribution < -0.4 is 0 Å². The summed E-state index contributed by atoms with van der Waals surface area (Å²) in [6, 6.07) is 8.55. The average molecular weight is 317 g/mol. The minimum absolute atomic E-state index is 0.406. The van der Waals surface area contributed by atoms with Gasteiger partial charge < -0.3 is 9.47 Å². The monoisotopic (exact) mass is 316 g/mol. The van der Waals surface area contributed by atoms with Crippen molar-refractivity contribution in [2.75, 3.05) is 0 Å². The second-order valence-electron chi connectivity index (χ2n) is 4.11. The highest BCUT2D eigenvalue weighted by molar-refractivity contribution is 9.09. The molecule has 3 nitrogen and oxygen atoms in total. The first kappa shape index (κ1) is 13.5. The molecule has 1 aromatic carbocycles. The number of hydrogen-bond donors (Lipinski definition) is 0. The number of rotatable bonds is 3. The van der Waals surface area contributed by atoms with Crippen molar-refractivity contribution in [2.45, 2.75) is 36.7 Å². The molecule has 5 heteroatoms. The van der Waals surface area contributed by atoms with Crippen LogP contribution in [-0.2, 0) is 9.47 Å². The van der Waals surface area contributed by atoms with E-state index in [4.69, 9.17) is 9.47 Å². The van der Waals surface area contributed by atoms with Crippen LogP contribution in [0.2, 0.25) is 0 Å². The van der Waals surface area contributed by atoms with Crippen molar-refractivity contribution in [1.29, 1.82) is 0 Å². The van der Waals surface area contributed by atoms with Gasteiger partial charge in [0.15, 0.2) is 12.3 Å². The minimum Gasteiger partial charge on any atom is -0.453 e. The van der Waals surface area contributed by atoms with Crippen LogP contribution in [0.15, 0.2) is 30.3 Å². The lowest BCUT2D eigenvalue weighted by molar-refractivity contribution is -0.00905. The van der Waals surface area contributed by atoms with Crippen LogP contribution in [0, 0.1) is 0 Å². The van der Waals surface area contributed by atoms with Gasteiger partial charge in [0.2, 0.25) is 0 Å². The van der Waals surface area contributed by atoms with Crippen molar-refractivity contribution in [3.8, 4) is 0 Å². The third-order valence-electron chi connectivity index (χ3n) is 2.89. The molecular formula is C13H14BrFO3. The largest absolute Gasteiger partial charge is 0.453 e. The summed E-state index contributed by atoms with van der Waals surface area (Å²) in [5.74, 6) is -0.521. The van der Waals surface area contributed by atoms with Crippen LogP contribution in [0.25, 0.3) is 0 Å². The third-order valence-corrected chi connectivity index (χ3v) is 3.61. The Hall–Kier alpha value is -0.940. The molecule has 4 unspecified atom stereocenters. The van der Waals surface area contributed by atoms with Gasteiger partial charge in [-0.1, -0.05) is 41.1 Å². The van der Waals surface area contributed by atoms with Crippen molar-refractivity contribution in [2.24, 2.45) is 0 Å². The van der Waals surface area contributed by atoms with E-state index in [0.29, 0.717) is 12.0 Å². The first-order valence-electron chi connectivity index (χ1n) is 5.83. The molecule has 0 aliphatic carbocycles. The first-order chi connectivity index (χ1) is 8.63. The van der Waals surface area contributed by atoms with Crippen LogP contribution in [0.1, 0.15) is 23.7 Å². The summed E-state index contributed by atoms with van der Waals surface area (Å²) >= 11 is 3.08. The van der Waals surface area contributed by atoms with Crippen molar-refractivity contribution in [3.63, 3.8) is 0 Å². The lowest BCUT2D eigenvalue weighted by Crippen LogP contribution is -2.33. The van der Waals surface area contributed by atoms with Crippen molar-refractivity contribution >= 4 is 21.9 Å². The summed E-state index contributed by atoms with van der Waals surface area (Å²) in [6.07, 6.45) is -2.01. The number of alkyl halides is 2.